The van der Waals surface area contributed by atoms with Crippen molar-refractivity contribution in [1.29, 1.82) is 0 Å². The highest BCUT2D eigenvalue weighted by Gasteiger charge is 2.29. The van der Waals surface area contributed by atoms with Crippen LogP contribution >= 0.6 is 0 Å². The van der Waals surface area contributed by atoms with E-state index in [1.54, 1.807) is 0 Å². The molecule has 94 valence electrons. The molecule has 0 bridgehead atoms. The lowest BCUT2D eigenvalue weighted by molar-refractivity contribution is 0.0298. The van der Waals surface area contributed by atoms with Crippen molar-refractivity contribution >= 4 is 10.8 Å². The Morgan fingerprint density at radius 2 is 1.94 bits per heavy atom. The first-order valence-electron chi connectivity index (χ1n) is 6.18. The van der Waals surface area contributed by atoms with E-state index >= 15 is 0 Å². The predicted octanol–water partition coefficient (Wildman–Crippen LogP) is -0.195. The van der Waals surface area contributed by atoms with E-state index in [1.165, 1.54) is 0 Å². The Kier molecular flexibility index (Phi) is 4.76. The number of nitrogens with two attached hydrogens (primary N) is 1. The van der Waals surface area contributed by atoms with Gasteiger partial charge in [-0.25, -0.2) is 0 Å². The summed E-state index contributed by atoms with van der Waals surface area (Å²) in [5.41, 5.74) is 5.91. The zero-order valence-corrected chi connectivity index (χ0v) is 10.6. The zero-order chi connectivity index (χ0) is 11.4. The molecule has 5 heteroatoms. The van der Waals surface area contributed by atoms with Crippen molar-refractivity contribution in [2.24, 2.45) is 11.7 Å². The van der Waals surface area contributed by atoms with Crippen molar-refractivity contribution in [2.75, 3.05) is 44.4 Å². The van der Waals surface area contributed by atoms with E-state index in [0.717, 1.165) is 57.2 Å². The minimum absolute atomic E-state index is 0.473. The van der Waals surface area contributed by atoms with E-state index in [2.05, 4.69) is 4.90 Å². The summed E-state index contributed by atoms with van der Waals surface area (Å²) >= 11 is 0. The lowest BCUT2D eigenvalue weighted by atomic mass is 9.90. The molecular weight excluding hydrogens is 224 g/mol. The molecule has 16 heavy (non-hydrogen) atoms. The number of rotatable bonds is 3. The van der Waals surface area contributed by atoms with Crippen LogP contribution in [0.4, 0.5) is 0 Å². The molecule has 0 aromatic carbocycles. The topological polar surface area (TPSA) is 55.6 Å². The van der Waals surface area contributed by atoms with Gasteiger partial charge in [-0.3, -0.25) is 9.11 Å². The Balaban J connectivity index is 1.90. The monoisotopic (exact) mass is 246 g/mol. The van der Waals surface area contributed by atoms with Gasteiger partial charge in [-0.2, -0.15) is 0 Å². The number of ether oxygens (including phenoxy) is 1. The van der Waals surface area contributed by atoms with Crippen LogP contribution in [0.2, 0.25) is 0 Å². The molecule has 0 spiro atoms. The van der Waals surface area contributed by atoms with Crippen LogP contribution in [0.15, 0.2) is 0 Å². The third-order valence-corrected chi connectivity index (χ3v) is 5.01. The maximum atomic E-state index is 11.3. The average Bonchev–Trinajstić information content (AvgIpc) is 2.34. The van der Waals surface area contributed by atoms with Crippen molar-refractivity contribution in [3.63, 3.8) is 0 Å². The second-order valence-electron chi connectivity index (χ2n) is 4.64. The lowest BCUT2D eigenvalue weighted by Gasteiger charge is -2.39. The van der Waals surface area contributed by atoms with Crippen molar-refractivity contribution < 1.29 is 8.95 Å². The van der Waals surface area contributed by atoms with E-state index in [4.69, 9.17) is 10.5 Å². The first-order chi connectivity index (χ1) is 7.81. The molecule has 1 atom stereocenters. The molecule has 0 saturated carbocycles. The molecule has 4 nitrogen and oxygen atoms in total. The number of nitrogens with zero attached hydrogens (tertiary/aromatic N) is 1. The second kappa shape index (κ2) is 6.10. The van der Waals surface area contributed by atoms with Crippen LogP contribution in [-0.2, 0) is 15.5 Å². The first-order valence-corrected chi connectivity index (χ1v) is 7.67. The van der Waals surface area contributed by atoms with Gasteiger partial charge in [0.15, 0.2) is 0 Å². The smallest absolute Gasteiger partial charge is 0.0469 e. The molecule has 2 heterocycles. The van der Waals surface area contributed by atoms with Crippen molar-refractivity contribution in [3.05, 3.63) is 0 Å². The minimum atomic E-state index is -0.592. The molecule has 0 aromatic rings. The van der Waals surface area contributed by atoms with E-state index in [-0.39, 0.29) is 0 Å². The standard InChI is InChI=1S/C11H22N2O2S/c12-9-11(10-1-5-15-6-2-10)13-3-7-16(14)8-4-13/h10-11H,1-9,12H2. The van der Waals surface area contributed by atoms with Gasteiger partial charge in [-0.05, 0) is 18.8 Å². The average molecular weight is 246 g/mol. The van der Waals surface area contributed by atoms with Crippen molar-refractivity contribution in [3.8, 4) is 0 Å². The molecule has 2 aliphatic heterocycles. The largest absolute Gasteiger partial charge is 0.381 e. The van der Waals surface area contributed by atoms with Crippen LogP contribution in [0.3, 0.4) is 0 Å². The molecule has 0 aliphatic carbocycles. The fourth-order valence-electron chi connectivity index (χ4n) is 2.72. The van der Waals surface area contributed by atoms with Crippen LogP contribution in [-0.4, -0.2) is 59.5 Å². The van der Waals surface area contributed by atoms with Gasteiger partial charge >= 0.3 is 0 Å². The Bertz CT molecular complexity index is 234. The highest BCUT2D eigenvalue weighted by atomic mass is 32.2. The maximum absolute atomic E-state index is 11.3. The van der Waals surface area contributed by atoms with Gasteiger partial charge in [0.25, 0.3) is 0 Å². The fourth-order valence-corrected chi connectivity index (χ4v) is 3.80. The summed E-state index contributed by atoms with van der Waals surface area (Å²) in [6, 6.07) is 0.473. The van der Waals surface area contributed by atoms with Crippen LogP contribution in [0, 0.1) is 5.92 Å². The third-order valence-electron chi connectivity index (χ3n) is 3.73. The molecule has 2 fully saturated rings. The Labute approximate surface area is 100.0 Å². The van der Waals surface area contributed by atoms with Gasteiger partial charge in [0, 0.05) is 61.2 Å². The summed E-state index contributed by atoms with van der Waals surface area (Å²) in [4.78, 5) is 2.44. The summed E-state index contributed by atoms with van der Waals surface area (Å²) in [6.45, 7) is 4.37. The van der Waals surface area contributed by atoms with Crippen LogP contribution in [0.5, 0.6) is 0 Å². The molecule has 1 unspecified atom stereocenters. The van der Waals surface area contributed by atoms with Crippen molar-refractivity contribution in [2.45, 2.75) is 18.9 Å². The summed E-state index contributed by atoms with van der Waals surface area (Å²) in [6.07, 6.45) is 2.25. The molecule has 0 amide bonds. The summed E-state index contributed by atoms with van der Waals surface area (Å²) in [7, 11) is -0.592. The first kappa shape index (κ1) is 12.5. The summed E-state index contributed by atoms with van der Waals surface area (Å²) in [5, 5.41) is 0. The summed E-state index contributed by atoms with van der Waals surface area (Å²) in [5.74, 6) is 2.31. The quantitative estimate of drug-likeness (QED) is 0.749. The van der Waals surface area contributed by atoms with Gasteiger partial charge in [-0.1, -0.05) is 0 Å². The van der Waals surface area contributed by atoms with E-state index in [1.807, 2.05) is 0 Å². The Morgan fingerprint density at radius 1 is 1.31 bits per heavy atom. The van der Waals surface area contributed by atoms with Crippen LogP contribution < -0.4 is 5.73 Å². The predicted molar refractivity (Wildman–Crippen MR) is 65.8 cm³/mol. The second-order valence-corrected chi connectivity index (χ2v) is 6.33. The Morgan fingerprint density at radius 3 is 2.50 bits per heavy atom. The fraction of sp³-hybridized carbons (Fsp3) is 1.00. The molecule has 2 aliphatic rings. The van der Waals surface area contributed by atoms with Gasteiger partial charge in [0.1, 0.15) is 0 Å². The molecule has 2 rings (SSSR count). The van der Waals surface area contributed by atoms with Gasteiger partial charge in [-0.15, -0.1) is 0 Å². The zero-order valence-electron chi connectivity index (χ0n) is 9.77. The van der Waals surface area contributed by atoms with E-state index < -0.39 is 10.8 Å². The van der Waals surface area contributed by atoms with Gasteiger partial charge in [0.05, 0.1) is 0 Å². The lowest BCUT2D eigenvalue weighted by Crippen LogP contribution is -2.51. The molecular formula is C11H22N2O2S. The minimum Gasteiger partial charge on any atom is -0.381 e. The summed E-state index contributed by atoms with van der Waals surface area (Å²) < 4.78 is 16.7. The van der Waals surface area contributed by atoms with Gasteiger partial charge < -0.3 is 10.5 Å². The van der Waals surface area contributed by atoms with Crippen LogP contribution in [0.1, 0.15) is 12.8 Å². The Hall–Kier alpha value is 0.0300. The van der Waals surface area contributed by atoms with Gasteiger partial charge in [0.2, 0.25) is 0 Å². The van der Waals surface area contributed by atoms with Crippen molar-refractivity contribution in [1.82, 2.24) is 4.90 Å². The third kappa shape index (κ3) is 3.03. The number of hydrogen-bond acceptors (Lipinski definition) is 4. The molecule has 2 N–H and O–H groups in total. The van der Waals surface area contributed by atoms with Crippen LogP contribution in [0.25, 0.3) is 0 Å². The SMILES string of the molecule is NCC(C1CCOCC1)N1CCS(=O)CC1. The highest BCUT2D eigenvalue weighted by Crippen LogP contribution is 2.23. The number of hydrogen-bond donors (Lipinski definition) is 1. The van der Waals surface area contributed by atoms with E-state index in [9.17, 15) is 4.21 Å². The molecule has 0 radical (unpaired) electrons. The molecule has 2 saturated heterocycles. The van der Waals surface area contributed by atoms with E-state index in [0.29, 0.717) is 12.0 Å². The normalized spacial score (nSPS) is 28.1. The maximum Gasteiger partial charge on any atom is 0.0469 e. The highest BCUT2D eigenvalue weighted by molar-refractivity contribution is 7.85. The molecule has 0 aromatic heterocycles.